The third kappa shape index (κ3) is 5.13. The average molecular weight is 402 g/mol. The summed E-state index contributed by atoms with van der Waals surface area (Å²) in [6.07, 6.45) is 1.05. The molecule has 1 amide bonds. The highest BCUT2D eigenvalue weighted by molar-refractivity contribution is 7.91. The topological polar surface area (TPSA) is 63.7 Å². The fourth-order valence-electron chi connectivity index (χ4n) is 3.47. The molecule has 0 aromatic heterocycles. The van der Waals surface area contributed by atoms with E-state index in [1.807, 2.05) is 44.2 Å². The number of piperidine rings is 1. The van der Waals surface area contributed by atoms with E-state index in [1.165, 1.54) is 0 Å². The van der Waals surface area contributed by atoms with Gasteiger partial charge in [0.15, 0.2) is 9.84 Å². The van der Waals surface area contributed by atoms with Crippen molar-refractivity contribution in [3.05, 3.63) is 65.7 Å². The number of carbonyl (C=O) groups excluding carboxylic acids is 1. The number of hydrogen-bond donors (Lipinski definition) is 0. The van der Waals surface area contributed by atoms with E-state index < -0.39 is 15.1 Å². The van der Waals surface area contributed by atoms with Crippen LogP contribution in [0, 0.1) is 0 Å². The average Bonchev–Trinajstić information content (AvgIpc) is 2.68. The highest BCUT2D eigenvalue weighted by Crippen LogP contribution is 2.23. The van der Waals surface area contributed by atoms with Crippen LogP contribution in [0.3, 0.4) is 0 Å². The number of nitrogens with zero attached hydrogens (tertiary/aromatic N) is 1. The fraction of sp³-hybridized carbons (Fsp3) is 0.409. The van der Waals surface area contributed by atoms with Crippen molar-refractivity contribution in [3.63, 3.8) is 0 Å². The first-order chi connectivity index (χ1) is 13.3. The van der Waals surface area contributed by atoms with E-state index in [-0.39, 0.29) is 17.8 Å². The van der Waals surface area contributed by atoms with Gasteiger partial charge in [-0.05, 0) is 56.5 Å². The lowest BCUT2D eigenvalue weighted by Crippen LogP contribution is -2.42. The van der Waals surface area contributed by atoms with Crippen LogP contribution in [-0.4, -0.2) is 43.7 Å². The smallest absolute Gasteiger partial charge is 0.253 e. The van der Waals surface area contributed by atoms with Crippen LogP contribution < -0.4 is 4.74 Å². The van der Waals surface area contributed by atoms with Gasteiger partial charge in [0.1, 0.15) is 5.75 Å². The van der Waals surface area contributed by atoms with E-state index in [9.17, 15) is 13.2 Å². The Balaban J connectivity index is 1.58. The largest absolute Gasteiger partial charge is 0.491 e. The van der Waals surface area contributed by atoms with Crippen LogP contribution in [0.4, 0.5) is 0 Å². The lowest BCUT2D eigenvalue weighted by molar-refractivity contribution is 0.0725. The number of hydrogen-bond acceptors (Lipinski definition) is 4. The minimum absolute atomic E-state index is 0.0593. The summed E-state index contributed by atoms with van der Waals surface area (Å²) in [4.78, 5) is 14.5. The van der Waals surface area contributed by atoms with Gasteiger partial charge in [0.2, 0.25) is 0 Å². The van der Waals surface area contributed by atoms with Gasteiger partial charge < -0.3 is 9.64 Å². The summed E-state index contributed by atoms with van der Waals surface area (Å²) in [6, 6.07) is 16.4. The van der Waals surface area contributed by atoms with Crippen LogP contribution in [0.2, 0.25) is 0 Å². The van der Waals surface area contributed by atoms with Crippen molar-refractivity contribution in [2.45, 2.75) is 43.8 Å². The molecule has 0 atom stereocenters. The second-order valence-electron chi connectivity index (χ2n) is 7.48. The Morgan fingerprint density at radius 2 is 1.64 bits per heavy atom. The molecule has 1 heterocycles. The van der Waals surface area contributed by atoms with Crippen molar-refractivity contribution in [3.8, 4) is 5.75 Å². The summed E-state index contributed by atoms with van der Waals surface area (Å²) in [7, 11) is -3.22. The summed E-state index contributed by atoms with van der Waals surface area (Å²) in [5, 5.41) is -0.390. The van der Waals surface area contributed by atoms with E-state index >= 15 is 0 Å². The molecule has 2 aromatic rings. The van der Waals surface area contributed by atoms with Crippen LogP contribution in [0.5, 0.6) is 5.75 Å². The molecule has 0 spiro atoms. The van der Waals surface area contributed by atoms with Crippen LogP contribution in [0.15, 0.2) is 54.6 Å². The number of sulfone groups is 1. The van der Waals surface area contributed by atoms with Gasteiger partial charge in [-0.3, -0.25) is 4.79 Å². The predicted octanol–water partition coefficient (Wildman–Crippen LogP) is 3.69. The third-order valence-electron chi connectivity index (χ3n) is 4.92. The number of carbonyl (C=O) groups is 1. The first-order valence-corrected chi connectivity index (χ1v) is 11.4. The van der Waals surface area contributed by atoms with Crippen molar-refractivity contribution < 1.29 is 17.9 Å². The fourth-order valence-corrected chi connectivity index (χ4v) is 5.30. The standard InChI is InChI=1S/C22H27NO4S/c1-17(2)27-20-10-8-19(9-11-20)22(24)23-14-12-21(13-15-23)28(25,26)16-18-6-4-3-5-7-18/h3-11,17,21H,12-16H2,1-2H3. The van der Waals surface area contributed by atoms with Gasteiger partial charge in [0.25, 0.3) is 5.91 Å². The Morgan fingerprint density at radius 3 is 2.21 bits per heavy atom. The summed E-state index contributed by atoms with van der Waals surface area (Å²) >= 11 is 0. The molecule has 6 heteroatoms. The first-order valence-electron chi connectivity index (χ1n) is 9.66. The zero-order chi connectivity index (χ0) is 20.1. The van der Waals surface area contributed by atoms with E-state index in [0.29, 0.717) is 31.5 Å². The molecule has 2 aromatic carbocycles. The van der Waals surface area contributed by atoms with Gasteiger partial charge in [-0.2, -0.15) is 0 Å². The van der Waals surface area contributed by atoms with Crippen molar-refractivity contribution in [2.75, 3.05) is 13.1 Å². The molecule has 3 rings (SSSR count). The van der Waals surface area contributed by atoms with E-state index in [4.69, 9.17) is 4.74 Å². The van der Waals surface area contributed by atoms with Gasteiger partial charge in [-0.15, -0.1) is 0 Å². The third-order valence-corrected chi connectivity index (χ3v) is 7.14. The van der Waals surface area contributed by atoms with Crippen LogP contribution in [-0.2, 0) is 15.6 Å². The second kappa shape index (κ2) is 8.78. The number of likely N-dealkylation sites (tertiary alicyclic amines) is 1. The maximum atomic E-state index is 12.7. The molecule has 1 aliphatic heterocycles. The maximum absolute atomic E-state index is 12.7. The Kier molecular flexibility index (Phi) is 6.39. The van der Waals surface area contributed by atoms with Crippen LogP contribution in [0.1, 0.15) is 42.6 Å². The predicted molar refractivity (Wildman–Crippen MR) is 110 cm³/mol. The molecule has 5 nitrogen and oxygen atoms in total. The highest BCUT2D eigenvalue weighted by atomic mass is 32.2. The van der Waals surface area contributed by atoms with Gasteiger partial charge in [0, 0.05) is 18.7 Å². The second-order valence-corrected chi connectivity index (χ2v) is 9.76. The van der Waals surface area contributed by atoms with Crippen LogP contribution in [0.25, 0.3) is 0 Å². The molecule has 1 saturated heterocycles. The molecule has 0 N–H and O–H groups in total. The molecule has 0 bridgehead atoms. The zero-order valence-electron chi connectivity index (χ0n) is 16.4. The SMILES string of the molecule is CC(C)Oc1ccc(C(=O)N2CCC(S(=O)(=O)Cc3ccccc3)CC2)cc1. The van der Waals surface area contributed by atoms with Crippen molar-refractivity contribution in [1.29, 1.82) is 0 Å². The van der Waals surface area contributed by atoms with Crippen molar-refractivity contribution >= 4 is 15.7 Å². The Hall–Kier alpha value is -2.34. The van der Waals surface area contributed by atoms with Crippen molar-refractivity contribution in [1.82, 2.24) is 4.90 Å². The van der Waals surface area contributed by atoms with E-state index in [1.54, 1.807) is 29.2 Å². The van der Waals surface area contributed by atoms with Gasteiger partial charge in [0.05, 0.1) is 17.1 Å². The molecule has 0 saturated carbocycles. The maximum Gasteiger partial charge on any atom is 0.253 e. The lowest BCUT2D eigenvalue weighted by Gasteiger charge is -2.32. The highest BCUT2D eigenvalue weighted by Gasteiger charge is 2.31. The number of amides is 1. The molecular weight excluding hydrogens is 374 g/mol. The van der Waals surface area contributed by atoms with E-state index in [0.717, 1.165) is 11.3 Å². The number of ether oxygens (including phenoxy) is 1. The Bertz CT molecular complexity index is 884. The summed E-state index contributed by atoms with van der Waals surface area (Å²) < 4.78 is 31.0. The molecule has 1 aliphatic rings. The Morgan fingerprint density at radius 1 is 1.04 bits per heavy atom. The molecule has 28 heavy (non-hydrogen) atoms. The Labute approximate surface area is 167 Å². The van der Waals surface area contributed by atoms with Gasteiger partial charge in [-0.25, -0.2) is 8.42 Å². The van der Waals surface area contributed by atoms with E-state index in [2.05, 4.69) is 0 Å². The summed E-state index contributed by atoms with van der Waals surface area (Å²) in [5.41, 5.74) is 1.41. The summed E-state index contributed by atoms with van der Waals surface area (Å²) in [5.74, 6) is 0.733. The normalized spacial score (nSPS) is 15.6. The summed E-state index contributed by atoms with van der Waals surface area (Å²) in [6.45, 7) is 4.83. The minimum Gasteiger partial charge on any atom is -0.491 e. The minimum atomic E-state index is -3.22. The number of rotatable bonds is 6. The molecule has 0 unspecified atom stereocenters. The molecular formula is C22H27NO4S. The zero-order valence-corrected chi connectivity index (χ0v) is 17.2. The molecule has 0 aliphatic carbocycles. The molecule has 1 fully saturated rings. The molecule has 0 radical (unpaired) electrons. The first kappa shape index (κ1) is 20.4. The van der Waals surface area contributed by atoms with Crippen molar-refractivity contribution in [2.24, 2.45) is 0 Å². The lowest BCUT2D eigenvalue weighted by atomic mass is 10.1. The quantitative estimate of drug-likeness (QED) is 0.740. The number of benzene rings is 2. The van der Waals surface area contributed by atoms with Crippen LogP contribution >= 0.6 is 0 Å². The molecule has 150 valence electrons. The van der Waals surface area contributed by atoms with Gasteiger partial charge in [-0.1, -0.05) is 30.3 Å². The van der Waals surface area contributed by atoms with Gasteiger partial charge >= 0.3 is 0 Å². The monoisotopic (exact) mass is 401 g/mol.